The highest BCUT2D eigenvalue weighted by atomic mass is 16.6. The van der Waals surface area contributed by atoms with Crippen LogP contribution in [0, 0.1) is 47.3 Å². The number of pyridine rings is 2. The van der Waals surface area contributed by atoms with Crippen molar-refractivity contribution in [2.75, 3.05) is 7.11 Å². The number of nitrogens with zero attached hydrogens (tertiary/aromatic N) is 5. The van der Waals surface area contributed by atoms with Gasteiger partial charge in [0.15, 0.2) is 11.2 Å². The standard InChI is InChI=1S/C22H27N3O3.C22H30N2O4/c1-4-18-14(2)11-22(27)20(15(3)28-21(22)26)19(18)8-6-16-5-7-17(12-24-16)25-10-9-23-13-25;1-6-18-13(2)11-22(26)20(15(4)28-21(22)25)19(18)10-9-17-8-7-16(12-23-17)14(3)24-27-5/h5-10,12-15,18-20,27H,4,11H2,1-3H3;7-10,12-13,15,18-20,26H,6,11H2,1-5H3/b8-6+;10-9+,24-14?/t14-,15+,18+,19-,20-,22-;13-,15+,18+,19-,20-,22-/m00/s1. The number of carbonyl (C=O) groups excluding carboxylic acids is 2. The van der Waals surface area contributed by atoms with E-state index >= 15 is 0 Å². The Morgan fingerprint density at radius 2 is 1.38 bits per heavy atom. The van der Waals surface area contributed by atoms with Crippen LogP contribution in [0.4, 0.5) is 0 Å². The van der Waals surface area contributed by atoms with Crippen molar-refractivity contribution in [2.24, 2.45) is 52.5 Å². The van der Waals surface area contributed by atoms with Crippen molar-refractivity contribution >= 4 is 29.8 Å². The Morgan fingerprint density at radius 3 is 1.79 bits per heavy atom. The Morgan fingerprint density at radius 1 is 0.857 bits per heavy atom. The lowest BCUT2D eigenvalue weighted by atomic mass is 9.59. The van der Waals surface area contributed by atoms with E-state index in [0.29, 0.717) is 24.7 Å². The minimum absolute atomic E-state index is 0.0541. The van der Waals surface area contributed by atoms with E-state index in [1.54, 1.807) is 18.7 Å². The van der Waals surface area contributed by atoms with Crippen LogP contribution < -0.4 is 0 Å². The molecule has 300 valence electrons. The normalized spacial score (nSPS) is 35.4. The third-order valence-electron chi connectivity index (χ3n) is 12.9. The van der Waals surface area contributed by atoms with Crippen molar-refractivity contribution in [1.82, 2.24) is 19.5 Å². The second-order valence-corrected chi connectivity index (χ2v) is 16.2. The summed E-state index contributed by atoms with van der Waals surface area (Å²) in [4.78, 5) is 42.5. The molecule has 0 bridgehead atoms. The Hall–Kier alpha value is -4.68. The third kappa shape index (κ3) is 7.82. The van der Waals surface area contributed by atoms with E-state index in [4.69, 9.17) is 14.3 Å². The predicted molar refractivity (Wildman–Crippen MR) is 213 cm³/mol. The molecule has 12 nitrogen and oxygen atoms in total. The van der Waals surface area contributed by atoms with Crippen molar-refractivity contribution in [3.63, 3.8) is 0 Å². The quantitative estimate of drug-likeness (QED) is 0.136. The minimum atomic E-state index is -1.38. The summed E-state index contributed by atoms with van der Waals surface area (Å²) in [5.74, 6) is -0.00758. The summed E-state index contributed by atoms with van der Waals surface area (Å²) in [6.45, 7) is 14.2. The van der Waals surface area contributed by atoms with Gasteiger partial charge in [0.05, 0.1) is 35.3 Å². The van der Waals surface area contributed by atoms with E-state index in [1.807, 2.05) is 74.1 Å². The molecule has 2 aliphatic heterocycles. The molecule has 3 aromatic heterocycles. The number of aliphatic hydroxyl groups is 2. The summed E-state index contributed by atoms with van der Waals surface area (Å²) in [5.41, 5.74) is 1.52. The SMILES string of the molecule is CC[C@H]1[C@H](/C=C/c2ccc(-n3ccnc3)cn2)[C@@H]2[C@@H](C)OC(=O)[C@]2(O)C[C@@H]1C.CC[C@H]1[C@H](/C=C/c2ccc(C(C)=NOC)cn2)[C@@H]2[C@@H](C)OC(=O)[C@]2(O)C[C@@H]1C. The van der Waals surface area contributed by atoms with E-state index in [0.717, 1.165) is 41.2 Å². The van der Waals surface area contributed by atoms with Gasteiger partial charge in [-0.05, 0) is 106 Å². The molecule has 56 heavy (non-hydrogen) atoms. The molecule has 2 saturated heterocycles. The molecule has 7 rings (SSSR count). The Kier molecular flexibility index (Phi) is 12.3. The maximum absolute atomic E-state index is 12.3. The second-order valence-electron chi connectivity index (χ2n) is 16.2. The predicted octanol–water partition coefficient (Wildman–Crippen LogP) is 6.70. The second kappa shape index (κ2) is 16.8. The van der Waals surface area contributed by atoms with E-state index < -0.39 is 23.1 Å². The first-order valence-corrected chi connectivity index (χ1v) is 20.0. The Bertz CT molecular complexity index is 1910. The van der Waals surface area contributed by atoms with Crippen molar-refractivity contribution in [3.05, 3.63) is 84.5 Å². The average molecular weight is 768 g/mol. The molecule has 0 aromatic carbocycles. The first-order valence-electron chi connectivity index (χ1n) is 20.0. The molecule has 2 N–H and O–H groups in total. The molecule has 12 heteroatoms. The number of allylic oxidation sites excluding steroid dienone is 2. The Labute approximate surface area is 330 Å². The average Bonchev–Trinajstić information content (AvgIpc) is 3.84. The number of hydrogen-bond donors (Lipinski definition) is 2. The molecule has 3 aromatic rings. The molecule has 12 atom stereocenters. The maximum Gasteiger partial charge on any atom is 0.338 e. The molecule has 0 radical (unpaired) electrons. The first-order chi connectivity index (χ1) is 26.7. The maximum atomic E-state index is 12.3. The van der Waals surface area contributed by atoms with Crippen LogP contribution in [0.5, 0.6) is 0 Å². The number of carbonyl (C=O) groups is 2. The molecule has 0 spiro atoms. The number of aromatic nitrogens is 4. The van der Waals surface area contributed by atoms with Gasteiger partial charge in [0, 0.05) is 36.0 Å². The fourth-order valence-electron chi connectivity index (χ4n) is 10.3. The van der Waals surface area contributed by atoms with E-state index in [1.165, 1.54) is 7.11 Å². The van der Waals surface area contributed by atoms with Crippen LogP contribution >= 0.6 is 0 Å². The van der Waals surface area contributed by atoms with E-state index in [9.17, 15) is 19.8 Å². The topological polar surface area (TPSA) is 158 Å². The summed E-state index contributed by atoms with van der Waals surface area (Å²) in [6, 6.07) is 7.84. The van der Waals surface area contributed by atoms with Crippen LogP contribution in [0.3, 0.4) is 0 Å². The monoisotopic (exact) mass is 767 g/mol. The molecule has 4 aliphatic rings. The van der Waals surface area contributed by atoms with Crippen LogP contribution in [-0.2, 0) is 23.9 Å². The van der Waals surface area contributed by atoms with Gasteiger partial charge in [-0.15, -0.1) is 0 Å². The summed E-state index contributed by atoms with van der Waals surface area (Å²) >= 11 is 0. The highest BCUT2D eigenvalue weighted by Gasteiger charge is 2.63. The lowest BCUT2D eigenvalue weighted by Crippen LogP contribution is -2.53. The molecule has 5 heterocycles. The lowest BCUT2D eigenvalue weighted by Gasteiger charge is -2.45. The summed E-state index contributed by atoms with van der Waals surface area (Å²) in [5, 5.41) is 26.1. The number of hydrogen-bond acceptors (Lipinski definition) is 11. The van der Waals surface area contributed by atoms with E-state index in [2.05, 4.69) is 60.0 Å². The van der Waals surface area contributed by atoms with Crippen LogP contribution in [0.25, 0.3) is 17.8 Å². The van der Waals surface area contributed by atoms with Crippen LogP contribution in [0.15, 0.2) is 72.7 Å². The number of cyclic esters (lactones) is 2. The fraction of sp³-hybridized carbons (Fsp3) is 0.545. The zero-order chi connectivity index (χ0) is 40.4. The van der Waals surface area contributed by atoms with Crippen molar-refractivity contribution in [1.29, 1.82) is 0 Å². The van der Waals surface area contributed by atoms with Crippen molar-refractivity contribution in [2.45, 2.75) is 97.6 Å². The minimum Gasteiger partial charge on any atom is -0.460 e. The van der Waals surface area contributed by atoms with Gasteiger partial charge < -0.3 is 29.1 Å². The smallest absolute Gasteiger partial charge is 0.338 e. The summed E-state index contributed by atoms with van der Waals surface area (Å²) in [6.07, 6.45) is 19.5. The van der Waals surface area contributed by atoms with Gasteiger partial charge in [-0.2, -0.15) is 0 Å². The Balaban J connectivity index is 0.000000190. The van der Waals surface area contributed by atoms with E-state index in [-0.39, 0.29) is 47.7 Å². The highest BCUT2D eigenvalue weighted by molar-refractivity contribution is 5.98. The van der Waals surface area contributed by atoms with Gasteiger partial charge in [-0.1, -0.05) is 57.8 Å². The number of ether oxygens (including phenoxy) is 2. The molecule has 2 saturated carbocycles. The molecule has 0 amide bonds. The van der Waals surface area contributed by atoms with Crippen molar-refractivity contribution < 1.29 is 34.1 Å². The van der Waals surface area contributed by atoms with Crippen LogP contribution in [0.1, 0.15) is 91.1 Å². The fourth-order valence-corrected chi connectivity index (χ4v) is 10.3. The number of esters is 2. The molecule has 2 aliphatic carbocycles. The molecular formula is C44H57N5O7. The zero-order valence-corrected chi connectivity index (χ0v) is 33.8. The summed E-state index contributed by atoms with van der Waals surface area (Å²) < 4.78 is 12.8. The molecule has 4 fully saturated rings. The zero-order valence-electron chi connectivity index (χ0n) is 33.8. The van der Waals surface area contributed by atoms with Gasteiger partial charge in [-0.25, -0.2) is 14.6 Å². The van der Waals surface area contributed by atoms with Crippen LogP contribution in [-0.4, -0.2) is 77.9 Å². The molecule has 0 unspecified atom stereocenters. The summed E-state index contributed by atoms with van der Waals surface area (Å²) in [7, 11) is 1.52. The number of oxime groups is 1. The lowest BCUT2D eigenvalue weighted by molar-refractivity contribution is -0.161. The largest absolute Gasteiger partial charge is 0.460 e. The number of rotatable bonds is 9. The van der Waals surface area contributed by atoms with Gasteiger partial charge >= 0.3 is 11.9 Å². The number of imidazole rings is 1. The van der Waals surface area contributed by atoms with Gasteiger partial charge in [-0.3, -0.25) is 9.97 Å². The highest BCUT2D eigenvalue weighted by Crippen LogP contribution is 2.53. The van der Waals surface area contributed by atoms with Crippen molar-refractivity contribution in [3.8, 4) is 5.69 Å². The number of fused-ring (bicyclic) bond motifs is 2. The first kappa shape index (κ1) is 41.0. The van der Waals surface area contributed by atoms with Gasteiger partial charge in [0.1, 0.15) is 19.3 Å². The van der Waals surface area contributed by atoms with Gasteiger partial charge in [0.25, 0.3) is 0 Å². The molecular weight excluding hydrogens is 711 g/mol. The third-order valence-corrected chi connectivity index (χ3v) is 12.9. The van der Waals surface area contributed by atoms with Crippen LogP contribution in [0.2, 0.25) is 0 Å². The van der Waals surface area contributed by atoms with Gasteiger partial charge in [0.2, 0.25) is 0 Å².